The summed E-state index contributed by atoms with van der Waals surface area (Å²) in [6.45, 7) is 0.227. The first kappa shape index (κ1) is 15.9. The molecular formula is C13H13Cl2NO5. The molecule has 1 aromatic carbocycles. The van der Waals surface area contributed by atoms with Gasteiger partial charge in [-0.3, -0.25) is 9.59 Å². The highest BCUT2D eigenvalue weighted by Crippen LogP contribution is 2.33. The summed E-state index contributed by atoms with van der Waals surface area (Å²) in [7, 11) is 1.42. The number of aliphatic carboxylic acids is 1. The van der Waals surface area contributed by atoms with Crippen LogP contribution in [0.1, 0.15) is 10.4 Å². The Morgan fingerprint density at radius 2 is 1.95 bits per heavy atom. The van der Waals surface area contributed by atoms with Crippen LogP contribution in [0.4, 0.5) is 0 Å². The lowest BCUT2D eigenvalue weighted by Gasteiger charge is -2.16. The Hall–Kier alpha value is -1.50. The van der Waals surface area contributed by atoms with E-state index in [4.69, 9.17) is 37.8 Å². The Morgan fingerprint density at radius 1 is 1.33 bits per heavy atom. The van der Waals surface area contributed by atoms with Gasteiger partial charge in [0, 0.05) is 5.56 Å². The van der Waals surface area contributed by atoms with Crippen LogP contribution in [0.25, 0.3) is 0 Å². The molecular weight excluding hydrogens is 321 g/mol. The minimum atomic E-state index is -1.01. The van der Waals surface area contributed by atoms with E-state index in [0.29, 0.717) is 0 Å². The molecule has 0 aliphatic carbocycles. The molecule has 2 N–H and O–H groups in total. The van der Waals surface area contributed by atoms with Crippen LogP contribution in [-0.4, -0.2) is 43.3 Å². The second-order valence-corrected chi connectivity index (χ2v) is 5.35. The number of carbonyl (C=O) groups excluding carboxylic acids is 1. The first-order chi connectivity index (χ1) is 9.93. The fraction of sp³-hybridized carbons (Fsp3) is 0.385. The molecule has 0 spiro atoms. The van der Waals surface area contributed by atoms with Gasteiger partial charge in [-0.05, 0) is 12.1 Å². The molecule has 1 heterocycles. The molecule has 0 aromatic heterocycles. The van der Waals surface area contributed by atoms with Crippen molar-refractivity contribution in [2.75, 3.05) is 20.3 Å². The predicted molar refractivity (Wildman–Crippen MR) is 76.2 cm³/mol. The topological polar surface area (TPSA) is 84.9 Å². The maximum atomic E-state index is 12.2. The Morgan fingerprint density at radius 3 is 2.48 bits per heavy atom. The highest BCUT2D eigenvalue weighted by Gasteiger charge is 2.35. The molecule has 1 aliphatic heterocycles. The van der Waals surface area contributed by atoms with E-state index in [-0.39, 0.29) is 34.6 Å². The zero-order valence-electron chi connectivity index (χ0n) is 11.1. The third-order valence-corrected chi connectivity index (χ3v) is 3.74. The molecule has 114 valence electrons. The lowest BCUT2D eigenvalue weighted by Crippen LogP contribution is -2.42. The van der Waals surface area contributed by atoms with Crippen molar-refractivity contribution in [1.82, 2.24) is 5.32 Å². The summed E-state index contributed by atoms with van der Waals surface area (Å²) in [5.41, 5.74) is 0.224. The highest BCUT2D eigenvalue weighted by atomic mass is 35.5. The average Bonchev–Trinajstić information content (AvgIpc) is 2.86. The molecule has 6 nitrogen and oxygen atoms in total. The van der Waals surface area contributed by atoms with Crippen LogP contribution in [-0.2, 0) is 9.53 Å². The lowest BCUT2D eigenvalue weighted by atomic mass is 10.0. The summed E-state index contributed by atoms with van der Waals surface area (Å²) in [6.07, 6.45) is 0. The summed E-state index contributed by atoms with van der Waals surface area (Å²) in [4.78, 5) is 23.2. The molecule has 2 rings (SSSR count). The second kappa shape index (κ2) is 6.51. The zero-order valence-corrected chi connectivity index (χ0v) is 12.6. The van der Waals surface area contributed by atoms with Crippen LogP contribution < -0.4 is 10.1 Å². The van der Waals surface area contributed by atoms with Crippen LogP contribution in [0.2, 0.25) is 10.0 Å². The lowest BCUT2D eigenvalue weighted by molar-refractivity contribution is -0.142. The molecule has 1 saturated heterocycles. The number of methoxy groups -OCH3 is 1. The molecule has 1 fully saturated rings. The van der Waals surface area contributed by atoms with Crippen molar-refractivity contribution in [3.63, 3.8) is 0 Å². The summed E-state index contributed by atoms with van der Waals surface area (Å²) in [5, 5.41) is 12.1. The van der Waals surface area contributed by atoms with Gasteiger partial charge >= 0.3 is 5.97 Å². The molecule has 2 atom stereocenters. The number of amides is 1. The van der Waals surface area contributed by atoms with Crippen molar-refractivity contribution < 1.29 is 24.2 Å². The molecule has 0 radical (unpaired) electrons. The minimum absolute atomic E-state index is 0.0738. The minimum Gasteiger partial charge on any atom is -0.494 e. The van der Waals surface area contributed by atoms with Crippen LogP contribution in [0, 0.1) is 5.92 Å². The number of ether oxygens (including phenoxy) is 2. The monoisotopic (exact) mass is 333 g/mol. The third-order valence-electron chi connectivity index (χ3n) is 3.18. The van der Waals surface area contributed by atoms with Crippen LogP contribution in [0.15, 0.2) is 12.1 Å². The maximum Gasteiger partial charge on any atom is 0.311 e. The van der Waals surface area contributed by atoms with Crippen molar-refractivity contribution in [2.45, 2.75) is 6.04 Å². The number of nitrogens with one attached hydrogen (secondary N) is 1. The Labute approximate surface area is 130 Å². The Kier molecular flexibility index (Phi) is 4.92. The van der Waals surface area contributed by atoms with E-state index in [1.165, 1.54) is 19.2 Å². The number of hydrogen-bond acceptors (Lipinski definition) is 4. The number of halogens is 2. The Balaban J connectivity index is 2.16. The molecule has 0 saturated carbocycles. The number of carboxylic acid groups (broad SMARTS) is 1. The number of hydrogen-bond donors (Lipinski definition) is 2. The van der Waals surface area contributed by atoms with Crippen molar-refractivity contribution in [1.29, 1.82) is 0 Å². The molecule has 1 aromatic rings. The molecule has 8 heteroatoms. The van der Waals surface area contributed by atoms with Gasteiger partial charge in [-0.1, -0.05) is 23.2 Å². The smallest absolute Gasteiger partial charge is 0.311 e. The van der Waals surface area contributed by atoms with Gasteiger partial charge < -0.3 is 19.9 Å². The van der Waals surface area contributed by atoms with Gasteiger partial charge in [0.1, 0.15) is 5.92 Å². The highest BCUT2D eigenvalue weighted by molar-refractivity contribution is 6.37. The second-order valence-electron chi connectivity index (χ2n) is 4.54. The molecule has 1 amide bonds. The maximum absolute atomic E-state index is 12.2. The first-order valence-corrected chi connectivity index (χ1v) is 6.84. The van der Waals surface area contributed by atoms with E-state index in [1.807, 2.05) is 0 Å². The van der Waals surface area contributed by atoms with Gasteiger partial charge in [-0.2, -0.15) is 0 Å². The summed E-state index contributed by atoms with van der Waals surface area (Å²) >= 11 is 11.9. The van der Waals surface area contributed by atoms with Crippen LogP contribution in [0.5, 0.6) is 5.75 Å². The van der Waals surface area contributed by atoms with E-state index in [2.05, 4.69) is 5.32 Å². The standard InChI is InChI=1S/C13H13Cl2NO5/c1-20-11-8(14)2-6(3-9(11)15)12(17)16-10-5-21-4-7(10)13(18)19/h2-3,7,10H,4-5H2,1H3,(H,16,17)(H,18,19). The van der Waals surface area contributed by atoms with E-state index in [9.17, 15) is 9.59 Å². The van der Waals surface area contributed by atoms with Crippen molar-refractivity contribution in [3.8, 4) is 5.75 Å². The summed E-state index contributed by atoms with van der Waals surface area (Å²) < 4.78 is 10.1. The fourth-order valence-corrected chi connectivity index (χ4v) is 2.72. The fourth-order valence-electron chi connectivity index (χ4n) is 2.08. The number of carboxylic acids is 1. The van der Waals surface area contributed by atoms with Gasteiger partial charge in [0.2, 0.25) is 0 Å². The van der Waals surface area contributed by atoms with E-state index < -0.39 is 23.8 Å². The van der Waals surface area contributed by atoms with E-state index >= 15 is 0 Å². The van der Waals surface area contributed by atoms with E-state index in [0.717, 1.165) is 0 Å². The van der Waals surface area contributed by atoms with Crippen molar-refractivity contribution >= 4 is 35.1 Å². The molecule has 21 heavy (non-hydrogen) atoms. The third kappa shape index (κ3) is 3.40. The molecule has 2 unspecified atom stereocenters. The SMILES string of the molecule is COc1c(Cl)cc(C(=O)NC2COCC2C(=O)O)cc1Cl. The Bertz CT molecular complexity index is 555. The first-order valence-electron chi connectivity index (χ1n) is 6.08. The van der Waals surface area contributed by atoms with Crippen LogP contribution >= 0.6 is 23.2 Å². The molecule has 0 bridgehead atoms. The number of rotatable bonds is 4. The van der Waals surface area contributed by atoms with Gasteiger partial charge in [-0.15, -0.1) is 0 Å². The average molecular weight is 334 g/mol. The molecule has 1 aliphatic rings. The van der Waals surface area contributed by atoms with Crippen molar-refractivity contribution in [3.05, 3.63) is 27.7 Å². The van der Waals surface area contributed by atoms with Gasteiger partial charge in [0.05, 0.1) is 36.4 Å². The van der Waals surface area contributed by atoms with Gasteiger partial charge in [0.25, 0.3) is 5.91 Å². The predicted octanol–water partition coefficient (Wildman–Crippen LogP) is 1.83. The number of carbonyl (C=O) groups is 2. The summed E-state index contributed by atoms with van der Waals surface area (Å²) in [5.74, 6) is -1.97. The van der Waals surface area contributed by atoms with Gasteiger partial charge in [-0.25, -0.2) is 0 Å². The largest absolute Gasteiger partial charge is 0.494 e. The van der Waals surface area contributed by atoms with E-state index in [1.54, 1.807) is 0 Å². The van der Waals surface area contributed by atoms with Gasteiger partial charge in [0.15, 0.2) is 5.75 Å². The summed E-state index contributed by atoms with van der Waals surface area (Å²) in [6, 6.07) is 2.23. The normalized spacial score (nSPS) is 21.1. The quantitative estimate of drug-likeness (QED) is 0.878. The van der Waals surface area contributed by atoms with Crippen LogP contribution in [0.3, 0.4) is 0 Å². The number of benzene rings is 1. The van der Waals surface area contributed by atoms with Crippen molar-refractivity contribution in [2.24, 2.45) is 5.92 Å². The zero-order chi connectivity index (χ0) is 15.6.